The van der Waals surface area contributed by atoms with Gasteiger partial charge in [0.05, 0.1) is 0 Å². The quantitative estimate of drug-likeness (QED) is 0.581. The number of amides is 1. The Morgan fingerprint density at radius 1 is 0.913 bits per heavy atom. The normalized spacial score (nSPS) is 15.5. The molecule has 2 aromatic rings. The van der Waals surface area contributed by atoms with Gasteiger partial charge in [0.25, 0.3) is 5.91 Å². The first-order chi connectivity index (χ1) is 11.3. The first-order valence-electron chi connectivity index (χ1n) is 8.06. The van der Waals surface area contributed by atoms with E-state index in [4.69, 9.17) is 11.6 Å². The highest BCUT2D eigenvalue weighted by Crippen LogP contribution is 2.25. The van der Waals surface area contributed by atoms with Crippen molar-refractivity contribution in [3.05, 3.63) is 70.7 Å². The molecule has 2 aromatic carbocycles. The molecule has 118 valence electrons. The van der Waals surface area contributed by atoms with Crippen LogP contribution in [-0.4, -0.2) is 23.9 Å². The van der Waals surface area contributed by atoms with Crippen LogP contribution in [0.3, 0.4) is 0 Å². The molecule has 3 heteroatoms. The molecule has 1 heterocycles. The van der Waals surface area contributed by atoms with E-state index in [9.17, 15) is 4.79 Å². The summed E-state index contributed by atoms with van der Waals surface area (Å²) in [5, 5.41) is 0.660. The summed E-state index contributed by atoms with van der Waals surface area (Å²) in [6.07, 6.45) is 5.28. The van der Waals surface area contributed by atoms with E-state index in [1.54, 1.807) is 0 Å². The van der Waals surface area contributed by atoms with Crippen LogP contribution < -0.4 is 0 Å². The Bertz CT molecular complexity index is 703. The molecule has 1 saturated heterocycles. The maximum absolute atomic E-state index is 13.0. The van der Waals surface area contributed by atoms with Gasteiger partial charge in [-0.15, -0.1) is 0 Å². The smallest absolute Gasteiger partial charge is 0.254 e. The van der Waals surface area contributed by atoms with Crippen molar-refractivity contribution in [2.24, 2.45) is 0 Å². The summed E-state index contributed by atoms with van der Waals surface area (Å²) in [7, 11) is 0. The average molecular weight is 326 g/mol. The van der Waals surface area contributed by atoms with Crippen molar-refractivity contribution in [1.82, 2.24) is 4.90 Å². The second-order valence-electron chi connectivity index (χ2n) is 5.80. The molecule has 23 heavy (non-hydrogen) atoms. The van der Waals surface area contributed by atoms with Crippen LogP contribution in [0.25, 0.3) is 11.6 Å². The number of piperidine rings is 1. The van der Waals surface area contributed by atoms with Crippen molar-refractivity contribution in [3.8, 4) is 0 Å². The van der Waals surface area contributed by atoms with E-state index >= 15 is 0 Å². The molecule has 1 amide bonds. The molecule has 0 N–H and O–H groups in total. The summed E-state index contributed by atoms with van der Waals surface area (Å²) >= 11 is 6.28. The predicted octanol–water partition coefficient (Wildman–Crippen LogP) is 4.89. The Morgan fingerprint density at radius 2 is 1.57 bits per heavy atom. The summed E-state index contributed by atoms with van der Waals surface area (Å²) in [6.45, 7) is 1.68. The van der Waals surface area contributed by atoms with Crippen molar-refractivity contribution in [1.29, 1.82) is 0 Å². The van der Waals surface area contributed by atoms with E-state index in [1.165, 1.54) is 6.42 Å². The van der Waals surface area contributed by atoms with E-state index in [0.717, 1.165) is 37.1 Å². The Kier molecular flexibility index (Phi) is 5.14. The predicted molar refractivity (Wildman–Crippen MR) is 96.2 cm³/mol. The second-order valence-corrected chi connectivity index (χ2v) is 6.21. The Labute approximate surface area is 142 Å². The molecule has 1 aliphatic rings. The molecule has 1 fully saturated rings. The zero-order chi connectivity index (χ0) is 16.1. The molecule has 1 aliphatic heterocycles. The van der Waals surface area contributed by atoms with Gasteiger partial charge in [0.1, 0.15) is 0 Å². The maximum Gasteiger partial charge on any atom is 0.254 e. The molecule has 0 aliphatic carbocycles. The van der Waals surface area contributed by atoms with E-state index < -0.39 is 0 Å². The number of carbonyl (C=O) groups excluding carboxylic acids is 1. The third-order valence-electron chi connectivity index (χ3n) is 4.16. The fourth-order valence-corrected chi connectivity index (χ4v) is 3.09. The van der Waals surface area contributed by atoms with Gasteiger partial charge < -0.3 is 4.90 Å². The summed E-state index contributed by atoms with van der Waals surface area (Å²) in [5.74, 6) is 0.0934. The van der Waals surface area contributed by atoms with Crippen molar-refractivity contribution in [2.75, 3.05) is 13.1 Å². The summed E-state index contributed by atoms with van der Waals surface area (Å²) in [4.78, 5) is 15.0. The fraction of sp³-hybridized carbons (Fsp3) is 0.250. The van der Waals surface area contributed by atoms with Gasteiger partial charge in [-0.05, 0) is 42.5 Å². The van der Waals surface area contributed by atoms with Crippen LogP contribution in [0.5, 0.6) is 0 Å². The van der Waals surface area contributed by atoms with Gasteiger partial charge in [0.2, 0.25) is 0 Å². The molecule has 3 rings (SSSR count). The van der Waals surface area contributed by atoms with Crippen LogP contribution in [0.2, 0.25) is 5.02 Å². The Morgan fingerprint density at radius 3 is 2.26 bits per heavy atom. The molecule has 0 atom stereocenters. The average Bonchev–Trinajstić information content (AvgIpc) is 2.62. The number of rotatable bonds is 3. The number of benzene rings is 2. The molecule has 0 spiro atoms. The highest BCUT2D eigenvalue weighted by atomic mass is 35.5. The van der Waals surface area contributed by atoms with Crippen LogP contribution in [0.15, 0.2) is 54.6 Å². The zero-order valence-corrected chi connectivity index (χ0v) is 13.8. The minimum atomic E-state index is 0.0934. The third kappa shape index (κ3) is 3.83. The number of hydrogen-bond acceptors (Lipinski definition) is 1. The largest absolute Gasteiger partial charge is 0.339 e. The zero-order valence-electron chi connectivity index (χ0n) is 13.0. The SMILES string of the molecule is O=C(C(=Cc1ccccc1Cl)c1ccccc1)N1CCCCC1. The first kappa shape index (κ1) is 15.8. The van der Waals surface area contributed by atoms with Gasteiger partial charge in [-0.3, -0.25) is 4.79 Å². The van der Waals surface area contributed by atoms with Crippen molar-refractivity contribution in [3.63, 3.8) is 0 Å². The minimum Gasteiger partial charge on any atom is -0.339 e. The first-order valence-corrected chi connectivity index (χ1v) is 8.44. The molecule has 0 saturated carbocycles. The highest BCUT2D eigenvalue weighted by Gasteiger charge is 2.21. The number of hydrogen-bond donors (Lipinski definition) is 0. The van der Waals surface area contributed by atoms with E-state index in [2.05, 4.69) is 0 Å². The topological polar surface area (TPSA) is 20.3 Å². The number of likely N-dealkylation sites (tertiary alicyclic amines) is 1. The summed E-state index contributed by atoms with van der Waals surface area (Å²) in [6, 6.07) is 17.5. The fourth-order valence-electron chi connectivity index (χ4n) is 2.90. The van der Waals surface area contributed by atoms with Gasteiger partial charge in [0, 0.05) is 23.7 Å². The standard InChI is InChI=1S/C20H20ClNO/c21-19-12-6-5-11-17(19)15-18(16-9-3-1-4-10-16)20(23)22-13-7-2-8-14-22/h1,3-6,9-12,15H,2,7-8,13-14H2. The van der Waals surface area contributed by atoms with Gasteiger partial charge in [-0.25, -0.2) is 0 Å². The van der Waals surface area contributed by atoms with Gasteiger partial charge in [-0.2, -0.15) is 0 Å². The van der Waals surface area contributed by atoms with Gasteiger partial charge in [0.15, 0.2) is 0 Å². The third-order valence-corrected chi connectivity index (χ3v) is 4.51. The molecular weight excluding hydrogens is 306 g/mol. The van der Waals surface area contributed by atoms with Crippen LogP contribution in [0.4, 0.5) is 0 Å². The lowest BCUT2D eigenvalue weighted by molar-refractivity contribution is -0.125. The maximum atomic E-state index is 13.0. The van der Waals surface area contributed by atoms with Crippen LogP contribution >= 0.6 is 11.6 Å². The summed E-state index contributed by atoms with van der Waals surface area (Å²) < 4.78 is 0. The molecule has 2 nitrogen and oxygen atoms in total. The van der Waals surface area contributed by atoms with Crippen LogP contribution in [-0.2, 0) is 4.79 Å². The number of carbonyl (C=O) groups is 1. The van der Waals surface area contributed by atoms with E-state index in [-0.39, 0.29) is 5.91 Å². The molecule has 0 aromatic heterocycles. The lowest BCUT2D eigenvalue weighted by Crippen LogP contribution is -2.36. The summed E-state index contributed by atoms with van der Waals surface area (Å²) in [5.41, 5.74) is 2.52. The molecule has 0 unspecified atom stereocenters. The lowest BCUT2D eigenvalue weighted by atomic mass is 10.00. The molecule has 0 bridgehead atoms. The number of nitrogens with zero attached hydrogens (tertiary/aromatic N) is 1. The van der Waals surface area contributed by atoms with Crippen molar-refractivity contribution in [2.45, 2.75) is 19.3 Å². The van der Waals surface area contributed by atoms with E-state index in [1.807, 2.05) is 65.6 Å². The monoisotopic (exact) mass is 325 g/mol. The Balaban J connectivity index is 2.00. The van der Waals surface area contributed by atoms with Crippen LogP contribution in [0, 0.1) is 0 Å². The Hall–Kier alpha value is -2.06. The second kappa shape index (κ2) is 7.47. The minimum absolute atomic E-state index is 0.0934. The molecular formula is C20H20ClNO. The highest BCUT2D eigenvalue weighted by molar-refractivity contribution is 6.33. The molecule has 0 radical (unpaired) electrons. The van der Waals surface area contributed by atoms with E-state index in [0.29, 0.717) is 10.6 Å². The van der Waals surface area contributed by atoms with Crippen LogP contribution in [0.1, 0.15) is 30.4 Å². The lowest BCUT2D eigenvalue weighted by Gasteiger charge is -2.28. The van der Waals surface area contributed by atoms with Gasteiger partial charge in [-0.1, -0.05) is 60.1 Å². The number of halogens is 1. The van der Waals surface area contributed by atoms with Crippen molar-refractivity contribution >= 4 is 29.2 Å². The van der Waals surface area contributed by atoms with Crippen molar-refractivity contribution < 1.29 is 4.79 Å². The van der Waals surface area contributed by atoms with Gasteiger partial charge >= 0.3 is 0 Å².